The van der Waals surface area contributed by atoms with Gasteiger partial charge < -0.3 is 5.32 Å². The van der Waals surface area contributed by atoms with E-state index in [4.69, 9.17) is 0 Å². The monoisotopic (exact) mass is 232 g/mol. The van der Waals surface area contributed by atoms with Crippen molar-refractivity contribution < 1.29 is 0 Å². The molecule has 0 bridgehead atoms. The molecule has 0 saturated carbocycles. The molecule has 0 fully saturated rings. The first kappa shape index (κ1) is 11.1. The Morgan fingerprint density at radius 2 is 1.88 bits per heavy atom. The van der Waals surface area contributed by atoms with Crippen LogP contribution in [0.4, 0.5) is 5.13 Å². The van der Waals surface area contributed by atoms with Gasteiger partial charge in [-0.15, -0.1) is 11.3 Å². The normalized spacial score (nSPS) is 12.4. The largest absolute Gasteiger partial charge is 0.355 e. The van der Waals surface area contributed by atoms with Crippen molar-refractivity contribution in [3.8, 4) is 0 Å². The molecule has 1 N–H and O–H groups in total. The fraction of sp³-hybridized carbons (Fsp3) is 0.308. The summed E-state index contributed by atoms with van der Waals surface area (Å²) < 4.78 is 0. The van der Waals surface area contributed by atoms with Crippen LogP contribution in [0, 0.1) is 13.8 Å². The van der Waals surface area contributed by atoms with Gasteiger partial charge in [-0.25, -0.2) is 4.98 Å². The fourth-order valence-corrected chi connectivity index (χ4v) is 2.32. The highest BCUT2D eigenvalue weighted by molar-refractivity contribution is 7.13. The van der Waals surface area contributed by atoms with E-state index in [-0.39, 0.29) is 0 Å². The Kier molecular flexibility index (Phi) is 3.25. The predicted molar refractivity (Wildman–Crippen MR) is 70.1 cm³/mol. The van der Waals surface area contributed by atoms with Crippen molar-refractivity contribution in [1.82, 2.24) is 4.98 Å². The van der Waals surface area contributed by atoms with Crippen LogP contribution in [0.25, 0.3) is 0 Å². The summed E-state index contributed by atoms with van der Waals surface area (Å²) in [6.07, 6.45) is 0. The van der Waals surface area contributed by atoms with Gasteiger partial charge in [0.1, 0.15) is 0 Å². The van der Waals surface area contributed by atoms with Gasteiger partial charge in [-0.05, 0) is 26.3 Å². The Balaban J connectivity index is 2.08. The lowest BCUT2D eigenvalue weighted by Gasteiger charge is -2.13. The molecule has 0 aliphatic rings. The molecule has 2 nitrogen and oxygen atoms in total. The summed E-state index contributed by atoms with van der Waals surface area (Å²) in [5, 5.41) is 6.46. The second kappa shape index (κ2) is 4.66. The zero-order chi connectivity index (χ0) is 11.5. The molecule has 1 aromatic heterocycles. The van der Waals surface area contributed by atoms with Gasteiger partial charge >= 0.3 is 0 Å². The lowest BCUT2D eigenvalue weighted by atomic mass is 10.1. The lowest BCUT2D eigenvalue weighted by molar-refractivity contribution is 0.879. The van der Waals surface area contributed by atoms with Crippen LogP contribution in [0.5, 0.6) is 0 Å². The third-order valence-electron chi connectivity index (χ3n) is 2.54. The molecule has 0 amide bonds. The number of thiazole rings is 1. The van der Waals surface area contributed by atoms with E-state index in [1.54, 1.807) is 11.3 Å². The van der Waals surface area contributed by atoms with Gasteiger partial charge in [0.05, 0.1) is 11.7 Å². The minimum Gasteiger partial charge on any atom is -0.355 e. The molecule has 1 heterocycles. The van der Waals surface area contributed by atoms with Gasteiger partial charge in [-0.2, -0.15) is 0 Å². The van der Waals surface area contributed by atoms with Gasteiger partial charge in [0, 0.05) is 5.38 Å². The average Bonchev–Trinajstić information content (AvgIpc) is 2.65. The van der Waals surface area contributed by atoms with Gasteiger partial charge in [0.25, 0.3) is 0 Å². The molecule has 0 aliphatic carbocycles. The molecule has 0 saturated heterocycles. The number of nitrogens with one attached hydrogen (secondary N) is 1. The maximum Gasteiger partial charge on any atom is 0.183 e. The standard InChI is InChI=1S/C13H16N2S/c1-9-4-6-12(7-5-9)11(3)15-13-14-10(2)8-16-13/h4-8,11H,1-3H3,(H,14,15). The van der Waals surface area contributed by atoms with Crippen molar-refractivity contribution in [3.63, 3.8) is 0 Å². The predicted octanol–water partition coefficient (Wildman–Crippen LogP) is 3.93. The minimum atomic E-state index is 0.297. The highest BCUT2D eigenvalue weighted by atomic mass is 32.1. The highest BCUT2D eigenvalue weighted by Crippen LogP contribution is 2.22. The Morgan fingerprint density at radius 1 is 1.19 bits per heavy atom. The second-order valence-corrected chi connectivity index (χ2v) is 4.93. The zero-order valence-corrected chi connectivity index (χ0v) is 10.6. The van der Waals surface area contributed by atoms with E-state index < -0.39 is 0 Å². The molecule has 1 unspecified atom stereocenters. The van der Waals surface area contributed by atoms with Crippen LogP contribution < -0.4 is 5.32 Å². The topological polar surface area (TPSA) is 24.9 Å². The molecular weight excluding hydrogens is 216 g/mol. The summed E-state index contributed by atoms with van der Waals surface area (Å²) >= 11 is 1.65. The molecule has 84 valence electrons. The Morgan fingerprint density at radius 3 is 2.44 bits per heavy atom. The van der Waals surface area contributed by atoms with Crippen LogP contribution in [0.3, 0.4) is 0 Å². The van der Waals surface area contributed by atoms with E-state index in [1.807, 2.05) is 6.92 Å². The first-order valence-electron chi connectivity index (χ1n) is 5.40. The van der Waals surface area contributed by atoms with Crippen molar-refractivity contribution >= 4 is 16.5 Å². The van der Waals surface area contributed by atoms with Gasteiger partial charge in [-0.1, -0.05) is 29.8 Å². The fourth-order valence-electron chi connectivity index (χ4n) is 1.54. The number of anilines is 1. The summed E-state index contributed by atoms with van der Waals surface area (Å²) in [7, 11) is 0. The molecule has 3 heteroatoms. The van der Waals surface area contributed by atoms with Crippen molar-refractivity contribution in [3.05, 3.63) is 46.5 Å². The maximum absolute atomic E-state index is 4.40. The summed E-state index contributed by atoms with van der Waals surface area (Å²) in [6.45, 7) is 6.27. The van der Waals surface area contributed by atoms with Gasteiger partial charge in [0.2, 0.25) is 0 Å². The summed E-state index contributed by atoms with van der Waals surface area (Å²) in [5.41, 5.74) is 3.66. The molecule has 1 atom stereocenters. The van der Waals surface area contributed by atoms with Gasteiger partial charge in [0.15, 0.2) is 5.13 Å². The number of hydrogen-bond donors (Lipinski definition) is 1. The van der Waals surface area contributed by atoms with Crippen LogP contribution >= 0.6 is 11.3 Å². The van der Waals surface area contributed by atoms with Crippen LogP contribution in [0.15, 0.2) is 29.6 Å². The molecule has 16 heavy (non-hydrogen) atoms. The average molecular weight is 232 g/mol. The van der Waals surface area contributed by atoms with E-state index in [9.17, 15) is 0 Å². The Bertz CT molecular complexity index is 459. The molecular formula is C13H16N2S. The van der Waals surface area contributed by atoms with E-state index in [1.165, 1.54) is 11.1 Å². The molecule has 0 aliphatic heterocycles. The molecule has 1 aromatic carbocycles. The van der Waals surface area contributed by atoms with Crippen molar-refractivity contribution in [2.45, 2.75) is 26.8 Å². The van der Waals surface area contributed by atoms with E-state index in [0.29, 0.717) is 6.04 Å². The number of aryl methyl sites for hydroxylation is 2. The van der Waals surface area contributed by atoms with Crippen LogP contribution in [0.2, 0.25) is 0 Å². The lowest BCUT2D eigenvalue weighted by Crippen LogP contribution is -2.06. The smallest absolute Gasteiger partial charge is 0.183 e. The first-order valence-corrected chi connectivity index (χ1v) is 6.28. The van der Waals surface area contributed by atoms with Crippen LogP contribution in [0.1, 0.15) is 29.8 Å². The van der Waals surface area contributed by atoms with E-state index in [2.05, 4.69) is 53.8 Å². The number of aromatic nitrogens is 1. The summed E-state index contributed by atoms with van der Waals surface area (Å²) in [5.74, 6) is 0. The van der Waals surface area contributed by atoms with Crippen LogP contribution in [-0.2, 0) is 0 Å². The Hall–Kier alpha value is -1.35. The SMILES string of the molecule is Cc1ccc(C(C)Nc2nc(C)cs2)cc1. The zero-order valence-electron chi connectivity index (χ0n) is 9.82. The highest BCUT2D eigenvalue weighted by Gasteiger charge is 2.06. The summed E-state index contributed by atoms with van der Waals surface area (Å²) in [4.78, 5) is 4.40. The quantitative estimate of drug-likeness (QED) is 0.867. The minimum absolute atomic E-state index is 0.297. The number of rotatable bonds is 3. The number of benzene rings is 1. The molecule has 2 rings (SSSR count). The Labute approximate surface area is 100 Å². The van der Waals surface area contributed by atoms with E-state index >= 15 is 0 Å². The number of hydrogen-bond acceptors (Lipinski definition) is 3. The maximum atomic E-state index is 4.40. The summed E-state index contributed by atoms with van der Waals surface area (Å²) in [6, 6.07) is 8.90. The third-order valence-corrected chi connectivity index (χ3v) is 3.43. The van der Waals surface area contributed by atoms with Gasteiger partial charge in [-0.3, -0.25) is 0 Å². The molecule has 2 aromatic rings. The second-order valence-electron chi connectivity index (χ2n) is 4.07. The van der Waals surface area contributed by atoms with Crippen molar-refractivity contribution in [2.75, 3.05) is 5.32 Å². The number of nitrogens with zero attached hydrogens (tertiary/aromatic N) is 1. The van der Waals surface area contributed by atoms with E-state index in [0.717, 1.165) is 10.8 Å². The molecule has 0 spiro atoms. The van der Waals surface area contributed by atoms with Crippen LogP contribution in [-0.4, -0.2) is 4.98 Å². The first-order chi connectivity index (χ1) is 7.65. The molecule has 0 radical (unpaired) electrons. The van der Waals surface area contributed by atoms with Crippen molar-refractivity contribution in [1.29, 1.82) is 0 Å². The third kappa shape index (κ3) is 2.61. The van der Waals surface area contributed by atoms with Crippen molar-refractivity contribution in [2.24, 2.45) is 0 Å².